The third-order valence-corrected chi connectivity index (χ3v) is 19.1. The predicted octanol–water partition coefficient (Wildman–Crippen LogP) is 12.5. The molecule has 2 saturated heterocycles. The number of aliphatic hydroxyl groups excluding tert-OH is 4. The van der Waals surface area contributed by atoms with Crippen LogP contribution >= 0.6 is 15.6 Å². The second-order valence-electron chi connectivity index (χ2n) is 27.1. The van der Waals surface area contributed by atoms with Crippen LogP contribution in [0.15, 0.2) is 0 Å². The number of carbonyl (C=O) groups excluding carboxylic acids is 5. The molecule has 570 valence electrons. The molecule has 0 aromatic rings. The molecule has 10 N–H and O–H groups in total. The maximum atomic E-state index is 14.6. The lowest BCUT2D eigenvalue weighted by Gasteiger charge is -2.46. The van der Waals surface area contributed by atoms with Gasteiger partial charge in [-0.15, -0.1) is 0 Å². The van der Waals surface area contributed by atoms with Crippen molar-refractivity contribution in [3.8, 4) is 0 Å². The highest BCUT2D eigenvalue weighted by molar-refractivity contribution is 7.46. The van der Waals surface area contributed by atoms with Gasteiger partial charge in [0.1, 0.15) is 54.8 Å². The van der Waals surface area contributed by atoms with Gasteiger partial charge in [0.2, 0.25) is 11.8 Å². The van der Waals surface area contributed by atoms with Crippen LogP contribution in [0.4, 0.5) is 0 Å². The third kappa shape index (κ3) is 43.8. The lowest BCUT2D eigenvalue weighted by atomic mass is 9.95. The Kier molecular flexibility index (Phi) is 51.2. The fourth-order valence-corrected chi connectivity index (χ4v) is 13.5. The molecule has 25 nitrogen and oxygen atoms in total. The quantitative estimate of drug-likeness (QED) is 0.0117. The summed E-state index contributed by atoms with van der Waals surface area (Å²) in [6.07, 6.45) is 16.1. The van der Waals surface area contributed by atoms with E-state index < -0.39 is 157 Å². The fraction of sp³-hybridized carbons (Fsp3) is 0.929. The molecule has 0 aromatic heterocycles. The molecule has 0 radical (unpaired) electrons. The number of phosphoric acid groups is 2. The Morgan fingerprint density at radius 3 is 1.18 bits per heavy atom. The maximum absolute atomic E-state index is 14.6. The number of hydrogen-bond donors (Lipinski definition) is 10. The Balaban J connectivity index is 2.55. The minimum atomic E-state index is -5.57. The van der Waals surface area contributed by atoms with Crippen molar-refractivity contribution < 1.29 is 111 Å². The second kappa shape index (κ2) is 54.9. The van der Waals surface area contributed by atoms with Crippen molar-refractivity contribution >= 4 is 45.4 Å². The van der Waals surface area contributed by atoms with Gasteiger partial charge in [-0.25, -0.2) is 9.13 Å². The van der Waals surface area contributed by atoms with Gasteiger partial charge in [0.05, 0.1) is 38.6 Å². The Morgan fingerprint density at radius 2 is 0.784 bits per heavy atom. The molecule has 0 spiro atoms. The van der Waals surface area contributed by atoms with E-state index in [0.717, 1.165) is 193 Å². The van der Waals surface area contributed by atoms with E-state index in [0.29, 0.717) is 38.5 Å². The predicted molar refractivity (Wildman–Crippen MR) is 368 cm³/mol. The molecule has 13 atom stereocenters. The third-order valence-electron chi connectivity index (χ3n) is 18.1. The first-order chi connectivity index (χ1) is 46.5. The molecule has 2 fully saturated rings. The Hall–Kier alpha value is -2.71. The van der Waals surface area contributed by atoms with Gasteiger partial charge in [-0.2, -0.15) is 0 Å². The van der Waals surface area contributed by atoms with Crippen LogP contribution in [-0.4, -0.2) is 163 Å². The molecule has 2 aliphatic heterocycles. The summed E-state index contributed by atoms with van der Waals surface area (Å²) in [5.41, 5.74) is 0. The van der Waals surface area contributed by atoms with Crippen molar-refractivity contribution in [2.75, 3.05) is 13.2 Å². The van der Waals surface area contributed by atoms with Crippen molar-refractivity contribution in [1.82, 2.24) is 10.6 Å². The van der Waals surface area contributed by atoms with E-state index in [9.17, 15) is 73.1 Å². The van der Waals surface area contributed by atoms with E-state index in [-0.39, 0.29) is 25.7 Å². The summed E-state index contributed by atoms with van der Waals surface area (Å²) < 4.78 is 71.2. The topological polar surface area (TPSA) is 379 Å². The van der Waals surface area contributed by atoms with Gasteiger partial charge in [-0.3, -0.25) is 33.0 Å². The molecule has 0 bridgehead atoms. The van der Waals surface area contributed by atoms with E-state index >= 15 is 0 Å². The first-order valence-electron chi connectivity index (χ1n) is 37.7. The van der Waals surface area contributed by atoms with Gasteiger partial charge < -0.3 is 79.1 Å². The molecule has 0 aliphatic carbocycles. The molecule has 0 unspecified atom stereocenters. The number of amides is 2. The minimum Gasteiger partial charge on any atom is -0.462 e. The molecule has 2 amide bonds. The van der Waals surface area contributed by atoms with Crippen LogP contribution < -0.4 is 10.6 Å². The van der Waals surface area contributed by atoms with Gasteiger partial charge in [0.15, 0.2) is 18.7 Å². The summed E-state index contributed by atoms with van der Waals surface area (Å²) in [5, 5.41) is 50.4. The van der Waals surface area contributed by atoms with Gasteiger partial charge in [-0.05, 0) is 44.9 Å². The van der Waals surface area contributed by atoms with Crippen LogP contribution in [0.2, 0.25) is 0 Å². The molecule has 0 saturated carbocycles. The number of hydrogen-bond acceptors (Lipinski definition) is 19. The van der Waals surface area contributed by atoms with E-state index in [1.54, 1.807) is 0 Å². The van der Waals surface area contributed by atoms with Crippen LogP contribution in [0.3, 0.4) is 0 Å². The van der Waals surface area contributed by atoms with Crippen LogP contribution in [0.5, 0.6) is 0 Å². The summed E-state index contributed by atoms with van der Waals surface area (Å²) in [6, 6.07) is -3.71. The number of phosphoric ester groups is 2. The molecular weight excluding hydrogens is 1300 g/mol. The molecule has 2 aliphatic rings. The van der Waals surface area contributed by atoms with Crippen molar-refractivity contribution in [3.05, 3.63) is 0 Å². The maximum Gasteiger partial charge on any atom is 0.472 e. The monoisotopic (exact) mass is 1430 g/mol. The Bertz CT molecular complexity index is 2160. The van der Waals surface area contributed by atoms with Gasteiger partial charge in [0, 0.05) is 12.8 Å². The number of unbranched alkanes of at least 4 members (excludes halogenated alkanes) is 32. The lowest BCUT2D eigenvalue weighted by molar-refractivity contribution is -0.296. The van der Waals surface area contributed by atoms with Gasteiger partial charge in [-0.1, -0.05) is 247 Å². The van der Waals surface area contributed by atoms with E-state index in [2.05, 4.69) is 45.3 Å². The second-order valence-corrected chi connectivity index (χ2v) is 29.4. The molecule has 27 heteroatoms. The Morgan fingerprint density at radius 1 is 0.423 bits per heavy atom. The number of rotatable bonds is 61. The summed E-state index contributed by atoms with van der Waals surface area (Å²) in [5.74, 6) is -3.80. The zero-order valence-corrected chi connectivity index (χ0v) is 61.6. The molecule has 0 aromatic carbocycles. The van der Waals surface area contributed by atoms with E-state index in [4.69, 9.17) is 37.5 Å². The first kappa shape index (κ1) is 90.4. The van der Waals surface area contributed by atoms with Gasteiger partial charge in [0.25, 0.3) is 0 Å². The fourth-order valence-electron chi connectivity index (χ4n) is 12.5. The summed E-state index contributed by atoms with van der Waals surface area (Å²) in [6.45, 7) is 8.66. The highest BCUT2D eigenvalue weighted by Crippen LogP contribution is 2.44. The van der Waals surface area contributed by atoms with E-state index in [1.165, 1.54) is 12.8 Å². The summed E-state index contributed by atoms with van der Waals surface area (Å²) >= 11 is 0. The van der Waals surface area contributed by atoms with Crippen LogP contribution in [-0.2, 0) is 70.6 Å². The van der Waals surface area contributed by atoms with Crippen molar-refractivity contribution in [1.29, 1.82) is 0 Å². The SMILES string of the molecule is CCCCCCCCCCCC(=O)O[C@H](CCCCCCCCC)CC(=O)N[C@H]1[C@H](OC[C@H]2O[C@H](OP(=O)(O)O)[C@H](NC(=O)C[C@@H](CCCCCCCCC)OC(=O)CCCCCCCCC)[C@@H](O)[C@@H]2O)O[C@H](CO)[C@@H](OP(=O)(O)O)[C@@H]1OC(=O)C[C@H](O)CCCCCCCCC. The summed E-state index contributed by atoms with van der Waals surface area (Å²) in [7, 11) is -11.1. The van der Waals surface area contributed by atoms with Crippen molar-refractivity contribution in [2.24, 2.45) is 0 Å². The van der Waals surface area contributed by atoms with Crippen LogP contribution in [0.1, 0.15) is 324 Å². The number of carbonyl (C=O) groups is 5. The number of ether oxygens (including phenoxy) is 6. The van der Waals surface area contributed by atoms with Crippen molar-refractivity contribution in [3.63, 3.8) is 0 Å². The average molecular weight is 1430 g/mol. The standard InChI is InChI=1S/C70H132N2O23P2/c1-6-11-16-21-26-27-32-37-42-47-61(78)90-55(45-40-35-30-24-19-14-9-4)50-59(76)72-64-68(93-62(79)48-53(74)43-38-33-28-22-17-12-7-2)67(94-96(82,83)84)56(51-73)91-69(64)88-52-57-65(80)66(81)63(70(92-57)95-97(85,86)87)71-58(75)49-54(44-39-34-29-23-18-13-8-3)89-60(77)46-41-36-31-25-20-15-10-5/h53-57,63-70,73-74,80-81H,6-52H2,1-5H3,(H,71,75)(H,72,76)(H2,82,83,84)(H2,85,86,87)/t53-,54-,55-,56-,57-,63-,64-,65-,66-,67-,68-,69-,70-/m1/s1. The number of esters is 3. The minimum absolute atomic E-state index is 0.109. The highest BCUT2D eigenvalue weighted by Gasteiger charge is 2.54. The first-order valence-corrected chi connectivity index (χ1v) is 40.8. The molecular formula is C70H132N2O23P2. The largest absolute Gasteiger partial charge is 0.472 e. The molecule has 97 heavy (non-hydrogen) atoms. The zero-order chi connectivity index (χ0) is 71.7. The number of nitrogens with one attached hydrogen (secondary N) is 2. The van der Waals surface area contributed by atoms with Gasteiger partial charge >= 0.3 is 33.6 Å². The normalized spacial score (nSPS) is 22.4. The van der Waals surface area contributed by atoms with E-state index in [1.807, 2.05) is 0 Å². The Labute approximate surface area is 580 Å². The summed E-state index contributed by atoms with van der Waals surface area (Å²) in [4.78, 5) is 110. The highest BCUT2D eigenvalue weighted by atomic mass is 31.2. The average Bonchev–Trinajstić information content (AvgIpc) is 0.786. The zero-order valence-electron chi connectivity index (χ0n) is 59.8. The van der Waals surface area contributed by atoms with Crippen LogP contribution in [0.25, 0.3) is 0 Å². The van der Waals surface area contributed by atoms with Crippen LogP contribution in [0, 0.1) is 0 Å². The van der Waals surface area contributed by atoms with Crippen molar-refractivity contribution in [2.45, 2.75) is 403 Å². The smallest absolute Gasteiger partial charge is 0.462 e. The molecule has 2 heterocycles. The lowest BCUT2D eigenvalue weighted by Crippen LogP contribution is -2.67. The number of aliphatic hydroxyl groups is 4. The molecule has 2 rings (SSSR count).